The number of aromatic nitrogens is 2. The molecule has 0 unspecified atom stereocenters. The summed E-state index contributed by atoms with van der Waals surface area (Å²) in [6.45, 7) is 0. The van der Waals surface area contributed by atoms with Crippen molar-refractivity contribution in [3.63, 3.8) is 0 Å². The summed E-state index contributed by atoms with van der Waals surface area (Å²) in [6, 6.07) is 7.79. The molecule has 0 spiro atoms. The Morgan fingerprint density at radius 2 is 1.89 bits per heavy atom. The summed E-state index contributed by atoms with van der Waals surface area (Å²) in [5.74, 6) is 0. The Hall–Kier alpha value is -0.681. The van der Waals surface area contributed by atoms with E-state index in [1.807, 2.05) is 24.3 Å². The van der Waals surface area contributed by atoms with E-state index < -0.39 is 0 Å². The molecule has 1 aromatic carbocycles. The molecule has 0 saturated heterocycles. The van der Waals surface area contributed by atoms with Gasteiger partial charge in [0.15, 0.2) is 0 Å². The summed E-state index contributed by atoms with van der Waals surface area (Å²) in [5.41, 5.74) is 1.39. The normalized spacial score (nSPS) is 10.6. The van der Waals surface area contributed by atoms with Crippen molar-refractivity contribution >= 4 is 53.7 Å². The fraction of sp³-hybridized carbons (Fsp3) is 0. The number of H-pyrrole nitrogens is 1. The molecule has 0 atom stereocenters. The molecule has 0 aliphatic heterocycles. The van der Waals surface area contributed by atoms with E-state index in [9.17, 15) is 4.79 Å². The number of benzene rings is 1. The average molecular weight is 418 g/mol. The molecule has 1 radical (unpaired) electrons. The largest absolute Gasteiger partial charge is 0.319 e. The molecule has 3 nitrogen and oxygen atoms in total. The third kappa shape index (κ3) is 2.03. The molecule has 95 valence electrons. The van der Waals surface area contributed by atoms with Crippen LogP contribution in [-0.2, 0) is 17.1 Å². The Labute approximate surface area is 130 Å². The first-order valence-electron chi connectivity index (χ1n) is 4.93. The van der Waals surface area contributed by atoms with E-state index in [0.29, 0.717) is 4.47 Å². The molecule has 0 saturated carbocycles. The first-order valence-corrected chi connectivity index (χ1v) is 6.52. The maximum atomic E-state index is 11.7. The van der Waals surface area contributed by atoms with Crippen LogP contribution < -0.4 is 5.56 Å². The second-order valence-corrected chi connectivity index (χ2v) is 5.23. The summed E-state index contributed by atoms with van der Waals surface area (Å²) in [5, 5.41) is 1.94. The maximum absolute atomic E-state index is 11.7. The molecular formula is C12H6Br2CuN2O. The van der Waals surface area contributed by atoms with Crippen LogP contribution in [0.1, 0.15) is 0 Å². The van der Waals surface area contributed by atoms with Gasteiger partial charge in [0.05, 0.1) is 15.5 Å². The zero-order valence-electron chi connectivity index (χ0n) is 8.80. The number of hydrogen-bond acceptors (Lipinski definition) is 2. The van der Waals surface area contributed by atoms with Gasteiger partial charge in [-0.25, -0.2) is 0 Å². The van der Waals surface area contributed by atoms with Gasteiger partial charge < -0.3 is 4.98 Å². The van der Waals surface area contributed by atoms with Gasteiger partial charge in [-0.15, -0.1) is 0 Å². The van der Waals surface area contributed by atoms with Gasteiger partial charge in [0, 0.05) is 38.5 Å². The molecule has 3 rings (SSSR count). The molecule has 0 aliphatic carbocycles. The van der Waals surface area contributed by atoms with Crippen molar-refractivity contribution in [1.29, 1.82) is 0 Å². The molecule has 6 heteroatoms. The first kappa shape index (κ1) is 13.7. The fourth-order valence-corrected chi connectivity index (χ4v) is 2.66. The molecule has 18 heavy (non-hydrogen) atoms. The van der Waals surface area contributed by atoms with Gasteiger partial charge in [0.2, 0.25) is 0 Å². The molecule has 0 amide bonds. The van der Waals surface area contributed by atoms with Crippen molar-refractivity contribution in [3.05, 3.63) is 49.8 Å². The van der Waals surface area contributed by atoms with Crippen LogP contribution in [0.15, 0.2) is 44.2 Å². The molecule has 0 bridgehead atoms. The van der Waals surface area contributed by atoms with Gasteiger partial charge >= 0.3 is 0 Å². The third-order valence-electron chi connectivity index (χ3n) is 2.64. The summed E-state index contributed by atoms with van der Waals surface area (Å²) in [7, 11) is 0. The van der Waals surface area contributed by atoms with E-state index in [2.05, 4.69) is 41.8 Å². The van der Waals surface area contributed by atoms with Crippen LogP contribution in [-0.4, -0.2) is 9.97 Å². The molecule has 0 aliphatic rings. The van der Waals surface area contributed by atoms with Gasteiger partial charge in [0.25, 0.3) is 5.56 Å². The predicted octanol–water partition coefficient (Wildman–Crippen LogP) is 3.60. The number of nitrogens with zero attached hydrogens (tertiary/aromatic N) is 1. The van der Waals surface area contributed by atoms with Gasteiger partial charge in [-0.1, -0.05) is 18.2 Å². The summed E-state index contributed by atoms with van der Waals surface area (Å²) < 4.78 is 1.25. The quantitative estimate of drug-likeness (QED) is 0.449. The van der Waals surface area contributed by atoms with Crippen LogP contribution in [0.2, 0.25) is 0 Å². The molecule has 3 aromatic rings. The van der Waals surface area contributed by atoms with Crippen LogP contribution in [0.25, 0.3) is 21.8 Å². The van der Waals surface area contributed by atoms with E-state index in [1.54, 1.807) is 6.20 Å². The molecule has 1 N–H and O–H groups in total. The Balaban J connectivity index is 0.00000120. The Morgan fingerprint density at radius 1 is 1.11 bits per heavy atom. The zero-order chi connectivity index (χ0) is 12.0. The SMILES string of the molecule is O=c1[nH]c2c(ccc3cccnc32)c(Br)c1Br.[Cu]. The Kier molecular flexibility index (Phi) is 3.92. The number of nitrogens with one attached hydrogen (secondary N) is 1. The molecule has 2 heterocycles. The second-order valence-electron chi connectivity index (χ2n) is 3.65. The van der Waals surface area contributed by atoms with Crippen molar-refractivity contribution in [3.8, 4) is 0 Å². The Bertz CT molecular complexity index is 801. The van der Waals surface area contributed by atoms with Crippen molar-refractivity contribution in [2.75, 3.05) is 0 Å². The summed E-state index contributed by atoms with van der Waals surface area (Å²) in [6.07, 6.45) is 1.72. The molecule has 2 aromatic heterocycles. The smallest absolute Gasteiger partial charge is 0.263 e. The number of fused-ring (bicyclic) bond motifs is 3. The summed E-state index contributed by atoms with van der Waals surface area (Å²) in [4.78, 5) is 18.9. The van der Waals surface area contributed by atoms with E-state index in [1.165, 1.54) is 0 Å². The van der Waals surface area contributed by atoms with Gasteiger partial charge in [0.1, 0.15) is 0 Å². The average Bonchev–Trinajstić information content (AvgIpc) is 2.36. The Morgan fingerprint density at radius 3 is 2.67 bits per heavy atom. The number of aromatic amines is 1. The van der Waals surface area contributed by atoms with Crippen LogP contribution in [0, 0.1) is 0 Å². The van der Waals surface area contributed by atoms with Crippen molar-refractivity contribution < 1.29 is 17.1 Å². The van der Waals surface area contributed by atoms with Crippen LogP contribution in [0.3, 0.4) is 0 Å². The van der Waals surface area contributed by atoms with Crippen molar-refractivity contribution in [2.24, 2.45) is 0 Å². The zero-order valence-corrected chi connectivity index (χ0v) is 12.9. The van der Waals surface area contributed by atoms with E-state index >= 15 is 0 Å². The second kappa shape index (κ2) is 5.13. The topological polar surface area (TPSA) is 45.8 Å². The summed E-state index contributed by atoms with van der Waals surface area (Å²) >= 11 is 6.68. The van der Waals surface area contributed by atoms with Gasteiger partial charge in [-0.2, -0.15) is 0 Å². The van der Waals surface area contributed by atoms with Crippen LogP contribution in [0.4, 0.5) is 0 Å². The molecule has 0 fully saturated rings. The number of halogens is 2. The predicted molar refractivity (Wildman–Crippen MR) is 75.3 cm³/mol. The van der Waals surface area contributed by atoms with Crippen LogP contribution >= 0.6 is 31.9 Å². The van der Waals surface area contributed by atoms with Gasteiger partial charge in [-0.05, 0) is 37.9 Å². The first-order chi connectivity index (χ1) is 8.18. The van der Waals surface area contributed by atoms with Crippen molar-refractivity contribution in [1.82, 2.24) is 9.97 Å². The molecular weight excluding hydrogens is 411 g/mol. The number of hydrogen-bond donors (Lipinski definition) is 1. The fourth-order valence-electron chi connectivity index (χ4n) is 1.84. The van der Waals surface area contributed by atoms with E-state index in [-0.39, 0.29) is 22.6 Å². The minimum atomic E-state index is -0.164. The van der Waals surface area contributed by atoms with E-state index in [4.69, 9.17) is 0 Å². The minimum absolute atomic E-state index is 0. The number of pyridine rings is 2. The van der Waals surface area contributed by atoms with Crippen molar-refractivity contribution in [2.45, 2.75) is 0 Å². The number of rotatable bonds is 0. The van der Waals surface area contributed by atoms with Crippen LogP contribution in [0.5, 0.6) is 0 Å². The minimum Gasteiger partial charge on any atom is -0.319 e. The van der Waals surface area contributed by atoms with E-state index in [0.717, 1.165) is 26.3 Å². The standard InChI is InChI=1S/C12H6Br2N2O.Cu/c13-8-7-4-3-6-2-1-5-15-10(6)11(7)16-12(17)9(8)14;/h1-5H,(H,16,17);. The third-order valence-corrected chi connectivity index (χ3v) is 4.75. The maximum Gasteiger partial charge on any atom is 0.263 e. The monoisotopic (exact) mass is 415 g/mol. The van der Waals surface area contributed by atoms with Gasteiger partial charge in [-0.3, -0.25) is 9.78 Å².